The van der Waals surface area contributed by atoms with Crippen LogP contribution in [0, 0.1) is 10.6 Å². The molecule has 3 aromatic rings. The molecule has 19 heavy (non-hydrogen) atoms. The first-order chi connectivity index (χ1) is 9.06. The number of nitrogens with zero attached hydrogens (tertiary/aromatic N) is 1. The van der Waals surface area contributed by atoms with Gasteiger partial charge < -0.3 is 4.98 Å². The summed E-state index contributed by atoms with van der Waals surface area (Å²) in [5.41, 5.74) is 2.27. The summed E-state index contributed by atoms with van der Waals surface area (Å²) < 4.78 is 16.2. The number of imidazole rings is 1. The van der Waals surface area contributed by atoms with Gasteiger partial charge in [0.05, 0.1) is 15.5 Å². The van der Waals surface area contributed by atoms with Gasteiger partial charge >= 0.3 is 0 Å². The highest BCUT2D eigenvalue weighted by Gasteiger charge is 2.10. The van der Waals surface area contributed by atoms with Crippen LogP contribution < -0.4 is 0 Å². The Labute approximate surface area is 127 Å². The minimum absolute atomic E-state index is 0.331. The minimum atomic E-state index is -0.331. The first-order valence-corrected chi connectivity index (χ1v) is 7.00. The molecule has 0 aliphatic rings. The maximum atomic E-state index is 13.5. The fourth-order valence-electron chi connectivity index (χ4n) is 1.97. The number of aromatic nitrogens is 2. The van der Waals surface area contributed by atoms with Crippen LogP contribution in [0.3, 0.4) is 0 Å². The fraction of sp³-hybridized carbons (Fsp3) is 0. The van der Waals surface area contributed by atoms with Crippen LogP contribution in [-0.4, -0.2) is 9.55 Å². The second-order valence-corrected chi connectivity index (χ2v) is 5.71. The Bertz CT molecular complexity index is 840. The summed E-state index contributed by atoms with van der Waals surface area (Å²) in [6.45, 7) is 0. The fourth-order valence-corrected chi connectivity index (χ4v) is 2.80. The van der Waals surface area contributed by atoms with E-state index in [4.69, 9.17) is 23.8 Å². The molecule has 1 heterocycles. The SMILES string of the molecule is Fc1cc2[nH]c(=S)n(-c3cccc(Cl)c3)c2cc1Br. The highest BCUT2D eigenvalue weighted by atomic mass is 79.9. The molecule has 1 N–H and O–H groups in total. The van der Waals surface area contributed by atoms with Crippen molar-refractivity contribution >= 4 is 50.8 Å². The van der Waals surface area contributed by atoms with Crippen molar-refractivity contribution in [2.45, 2.75) is 0 Å². The van der Waals surface area contributed by atoms with Crippen LogP contribution in [0.2, 0.25) is 5.02 Å². The molecular weight excluding hydrogens is 351 g/mol. The molecule has 96 valence electrons. The lowest BCUT2D eigenvalue weighted by Crippen LogP contribution is -1.93. The van der Waals surface area contributed by atoms with Gasteiger partial charge in [-0.15, -0.1) is 0 Å². The van der Waals surface area contributed by atoms with Crippen molar-refractivity contribution in [1.29, 1.82) is 0 Å². The average Bonchev–Trinajstić information content (AvgIpc) is 2.65. The molecule has 6 heteroatoms. The first-order valence-electron chi connectivity index (χ1n) is 5.42. The van der Waals surface area contributed by atoms with Crippen molar-refractivity contribution < 1.29 is 4.39 Å². The summed E-state index contributed by atoms with van der Waals surface area (Å²) in [6.07, 6.45) is 0. The highest BCUT2D eigenvalue weighted by Crippen LogP contribution is 2.26. The second kappa shape index (κ2) is 4.74. The summed E-state index contributed by atoms with van der Waals surface area (Å²) in [4.78, 5) is 2.99. The zero-order valence-corrected chi connectivity index (χ0v) is 12.6. The van der Waals surface area contributed by atoms with Gasteiger partial charge in [0.1, 0.15) is 5.82 Å². The van der Waals surface area contributed by atoms with Crippen LogP contribution >= 0.6 is 39.7 Å². The van der Waals surface area contributed by atoms with Crippen LogP contribution in [0.1, 0.15) is 0 Å². The van der Waals surface area contributed by atoms with Gasteiger partial charge in [-0.1, -0.05) is 17.7 Å². The minimum Gasteiger partial charge on any atom is -0.330 e. The van der Waals surface area contributed by atoms with Crippen LogP contribution in [0.25, 0.3) is 16.7 Å². The molecule has 0 atom stereocenters. The Kier molecular flexibility index (Phi) is 3.20. The summed E-state index contributed by atoms with van der Waals surface area (Å²) in [5.74, 6) is -0.331. The maximum absolute atomic E-state index is 13.5. The molecule has 0 aliphatic heterocycles. The molecule has 0 saturated carbocycles. The number of aromatic amines is 1. The smallest absolute Gasteiger partial charge is 0.182 e. The summed E-state index contributed by atoms with van der Waals surface area (Å²) in [7, 11) is 0. The predicted molar refractivity (Wildman–Crippen MR) is 81.1 cm³/mol. The molecule has 0 saturated heterocycles. The van der Waals surface area contributed by atoms with Gasteiger partial charge in [-0.25, -0.2) is 4.39 Å². The third-order valence-electron chi connectivity index (χ3n) is 2.79. The average molecular weight is 358 g/mol. The largest absolute Gasteiger partial charge is 0.330 e. The van der Waals surface area contributed by atoms with E-state index < -0.39 is 0 Å². The Morgan fingerprint density at radius 1 is 1.26 bits per heavy atom. The Hall–Kier alpha value is -1.17. The van der Waals surface area contributed by atoms with Crippen molar-refractivity contribution in [3.63, 3.8) is 0 Å². The normalized spacial score (nSPS) is 11.1. The van der Waals surface area contributed by atoms with Crippen molar-refractivity contribution in [3.05, 3.63) is 56.5 Å². The number of halogens is 3. The first kappa shape index (κ1) is 12.8. The summed E-state index contributed by atoms with van der Waals surface area (Å²) in [5, 5.41) is 0.620. The van der Waals surface area contributed by atoms with Crippen molar-refractivity contribution in [1.82, 2.24) is 9.55 Å². The molecule has 0 aliphatic carbocycles. The van der Waals surface area contributed by atoms with Crippen molar-refractivity contribution in [3.8, 4) is 5.69 Å². The van der Waals surface area contributed by atoms with E-state index in [1.54, 1.807) is 12.1 Å². The number of H-pyrrole nitrogens is 1. The zero-order chi connectivity index (χ0) is 13.6. The van der Waals surface area contributed by atoms with E-state index >= 15 is 0 Å². The van der Waals surface area contributed by atoms with E-state index in [0.29, 0.717) is 19.8 Å². The number of hydrogen-bond donors (Lipinski definition) is 1. The molecule has 2 nitrogen and oxygen atoms in total. The summed E-state index contributed by atoms with van der Waals surface area (Å²) >= 11 is 14.5. The monoisotopic (exact) mass is 356 g/mol. The maximum Gasteiger partial charge on any atom is 0.182 e. The van der Waals surface area contributed by atoms with Crippen LogP contribution in [0.4, 0.5) is 4.39 Å². The van der Waals surface area contributed by atoms with Crippen LogP contribution in [0.5, 0.6) is 0 Å². The molecule has 2 aromatic carbocycles. The molecule has 0 bridgehead atoms. The Balaban J connectivity index is 2.38. The third-order valence-corrected chi connectivity index (χ3v) is 3.92. The topological polar surface area (TPSA) is 20.7 Å². The van der Waals surface area contributed by atoms with Crippen molar-refractivity contribution in [2.24, 2.45) is 0 Å². The van der Waals surface area contributed by atoms with E-state index in [9.17, 15) is 4.39 Å². The predicted octanol–water partition coefficient (Wildman–Crippen LogP) is 5.24. The molecule has 3 rings (SSSR count). The quantitative estimate of drug-likeness (QED) is 0.590. The molecule has 0 radical (unpaired) electrons. The molecule has 0 fully saturated rings. The lowest BCUT2D eigenvalue weighted by atomic mass is 10.2. The lowest BCUT2D eigenvalue weighted by Gasteiger charge is -2.05. The van der Waals surface area contributed by atoms with Gasteiger partial charge in [-0.2, -0.15) is 0 Å². The van der Waals surface area contributed by atoms with Gasteiger partial charge in [0.2, 0.25) is 0 Å². The van der Waals surface area contributed by atoms with E-state index in [-0.39, 0.29) is 5.82 Å². The molecular formula is C13H7BrClFN2S. The number of nitrogens with one attached hydrogen (secondary N) is 1. The Morgan fingerprint density at radius 3 is 2.79 bits per heavy atom. The number of rotatable bonds is 1. The second-order valence-electron chi connectivity index (χ2n) is 4.03. The van der Waals surface area contributed by atoms with Crippen LogP contribution in [-0.2, 0) is 0 Å². The number of benzene rings is 2. The molecule has 0 spiro atoms. The van der Waals surface area contributed by atoms with E-state index in [1.807, 2.05) is 22.8 Å². The number of hydrogen-bond acceptors (Lipinski definition) is 1. The molecule has 1 aromatic heterocycles. The molecule has 0 unspecified atom stereocenters. The van der Waals surface area contributed by atoms with E-state index in [1.165, 1.54) is 6.07 Å². The zero-order valence-electron chi connectivity index (χ0n) is 9.45. The molecule has 0 amide bonds. The van der Waals surface area contributed by atoms with Gasteiger partial charge in [0.25, 0.3) is 0 Å². The van der Waals surface area contributed by atoms with E-state index in [0.717, 1.165) is 11.2 Å². The summed E-state index contributed by atoms with van der Waals surface area (Å²) in [6, 6.07) is 10.4. The van der Waals surface area contributed by atoms with Crippen LogP contribution in [0.15, 0.2) is 40.9 Å². The Morgan fingerprint density at radius 2 is 2.05 bits per heavy atom. The third kappa shape index (κ3) is 2.22. The van der Waals surface area contributed by atoms with Gasteiger partial charge in [-0.3, -0.25) is 4.57 Å². The van der Waals surface area contributed by atoms with Gasteiger partial charge in [0.15, 0.2) is 4.77 Å². The number of fused-ring (bicyclic) bond motifs is 1. The van der Waals surface area contributed by atoms with E-state index in [2.05, 4.69) is 20.9 Å². The van der Waals surface area contributed by atoms with Crippen molar-refractivity contribution in [2.75, 3.05) is 0 Å². The van der Waals surface area contributed by atoms with Gasteiger partial charge in [0, 0.05) is 16.8 Å². The highest BCUT2D eigenvalue weighted by molar-refractivity contribution is 9.10. The lowest BCUT2D eigenvalue weighted by molar-refractivity contribution is 0.623. The standard InChI is InChI=1S/C13H7BrClFN2S/c14-9-5-12-11(6-10(9)16)17-13(19)18(12)8-3-1-2-7(15)4-8/h1-6H,(H,17,19). The van der Waals surface area contributed by atoms with Gasteiger partial charge in [-0.05, 0) is 52.4 Å².